The molecule has 1 aromatic heterocycles. The molecule has 0 unspecified atom stereocenters. The first-order chi connectivity index (χ1) is 14.2. The quantitative estimate of drug-likeness (QED) is 0.512. The van der Waals surface area contributed by atoms with E-state index in [1.807, 2.05) is 32.0 Å². The highest BCUT2D eigenvalue weighted by molar-refractivity contribution is 9.10. The van der Waals surface area contributed by atoms with Crippen molar-refractivity contribution in [3.05, 3.63) is 39.6 Å². The number of nitrogens with zero attached hydrogens (tertiary/aromatic N) is 3. The molecule has 6 nitrogen and oxygen atoms in total. The summed E-state index contributed by atoms with van der Waals surface area (Å²) < 4.78 is 1.09. The Kier molecular flexibility index (Phi) is 7.52. The van der Waals surface area contributed by atoms with E-state index in [1.165, 1.54) is 11.1 Å². The van der Waals surface area contributed by atoms with Gasteiger partial charge >= 0.3 is 0 Å². The molecule has 1 heterocycles. The third-order valence-corrected chi connectivity index (χ3v) is 6.11. The van der Waals surface area contributed by atoms with Gasteiger partial charge in [0.15, 0.2) is 5.11 Å². The fourth-order valence-corrected chi connectivity index (χ4v) is 4.84. The molecule has 162 valence electrons. The van der Waals surface area contributed by atoms with E-state index in [-0.39, 0.29) is 0 Å². The number of hydrogen-bond donors (Lipinski definition) is 3. The van der Waals surface area contributed by atoms with Crippen molar-refractivity contribution in [3.63, 3.8) is 0 Å². The van der Waals surface area contributed by atoms with Gasteiger partial charge < -0.3 is 20.9 Å². The van der Waals surface area contributed by atoms with Crippen LogP contribution in [0.3, 0.4) is 0 Å². The Morgan fingerprint density at radius 1 is 1.00 bits per heavy atom. The summed E-state index contributed by atoms with van der Waals surface area (Å²) in [7, 11) is 3.99. The topological polar surface area (TPSA) is 65.1 Å². The lowest BCUT2D eigenvalue weighted by atomic mass is 9.91. The summed E-state index contributed by atoms with van der Waals surface area (Å²) in [5, 5.41) is 11.2. The molecule has 30 heavy (non-hydrogen) atoms. The zero-order valence-electron chi connectivity index (χ0n) is 18.3. The van der Waals surface area contributed by atoms with Crippen molar-refractivity contribution in [2.45, 2.75) is 58.5 Å². The Hall–Kier alpha value is -1.93. The number of benzene rings is 1. The maximum atomic E-state index is 5.59. The van der Waals surface area contributed by atoms with Crippen LogP contribution in [-0.2, 0) is 0 Å². The smallest absolute Gasteiger partial charge is 0.171 e. The second kappa shape index (κ2) is 9.92. The third-order valence-electron chi connectivity index (χ3n) is 5.43. The Bertz CT molecular complexity index is 885. The molecule has 3 N–H and O–H groups in total. The van der Waals surface area contributed by atoms with Crippen LogP contribution in [0.4, 0.5) is 17.3 Å². The van der Waals surface area contributed by atoms with Crippen LogP contribution in [0.2, 0.25) is 0 Å². The predicted octanol–water partition coefficient (Wildman–Crippen LogP) is 4.94. The van der Waals surface area contributed by atoms with E-state index < -0.39 is 0 Å². The van der Waals surface area contributed by atoms with Crippen LogP contribution in [-0.4, -0.2) is 41.3 Å². The normalized spacial score (nSPS) is 18.6. The van der Waals surface area contributed by atoms with Crippen molar-refractivity contribution < 1.29 is 0 Å². The van der Waals surface area contributed by atoms with Crippen LogP contribution < -0.4 is 20.9 Å². The van der Waals surface area contributed by atoms with Crippen molar-refractivity contribution >= 4 is 50.6 Å². The summed E-state index contributed by atoms with van der Waals surface area (Å²) >= 11 is 9.13. The maximum Gasteiger partial charge on any atom is 0.171 e. The zero-order chi connectivity index (χ0) is 21.8. The lowest BCUT2D eigenvalue weighted by Crippen LogP contribution is -2.42. The molecule has 1 saturated carbocycles. The molecule has 1 aromatic carbocycles. The Morgan fingerprint density at radius 3 is 2.20 bits per heavy atom. The molecule has 1 aliphatic carbocycles. The first kappa shape index (κ1) is 22.7. The van der Waals surface area contributed by atoms with Gasteiger partial charge in [-0.1, -0.05) is 15.9 Å². The van der Waals surface area contributed by atoms with Gasteiger partial charge in [0, 0.05) is 42.4 Å². The first-order valence-corrected chi connectivity index (χ1v) is 11.5. The van der Waals surface area contributed by atoms with Gasteiger partial charge in [-0.25, -0.2) is 9.97 Å². The Morgan fingerprint density at radius 2 is 1.60 bits per heavy atom. The van der Waals surface area contributed by atoms with Crippen LogP contribution in [0.1, 0.15) is 42.6 Å². The number of nitrogens with one attached hydrogen (secondary N) is 3. The van der Waals surface area contributed by atoms with Gasteiger partial charge in [-0.15, -0.1) is 0 Å². The number of hydrogen-bond acceptors (Lipinski definition) is 5. The van der Waals surface area contributed by atoms with E-state index >= 15 is 0 Å². The summed E-state index contributed by atoms with van der Waals surface area (Å²) in [4.78, 5) is 11.0. The van der Waals surface area contributed by atoms with E-state index in [0.717, 1.165) is 53.3 Å². The van der Waals surface area contributed by atoms with Gasteiger partial charge in [-0.05, 0) is 81.9 Å². The van der Waals surface area contributed by atoms with E-state index in [0.29, 0.717) is 17.2 Å². The Labute approximate surface area is 193 Å². The molecule has 0 bridgehead atoms. The van der Waals surface area contributed by atoms with Crippen molar-refractivity contribution in [3.8, 4) is 0 Å². The van der Waals surface area contributed by atoms with Gasteiger partial charge in [0.1, 0.15) is 17.5 Å². The molecule has 0 saturated heterocycles. The summed E-state index contributed by atoms with van der Waals surface area (Å²) in [5.74, 6) is 2.62. The SMILES string of the molecule is Cc1nc(N[C@H]2CC[C@@H](NC(=S)Nc3c(C)cc(Br)cc3C)CC2)cc(N(C)C)n1. The number of thiocarbonyl (C=S) groups is 1. The number of rotatable bonds is 5. The minimum atomic E-state index is 0.392. The molecular formula is C22H31BrN6S. The fraction of sp³-hybridized carbons (Fsp3) is 0.500. The molecule has 1 aliphatic rings. The number of aromatic nitrogens is 2. The highest BCUT2D eigenvalue weighted by Crippen LogP contribution is 2.26. The number of anilines is 3. The van der Waals surface area contributed by atoms with Crippen LogP contribution in [0, 0.1) is 20.8 Å². The molecule has 0 spiro atoms. The minimum absolute atomic E-state index is 0.392. The lowest BCUT2D eigenvalue weighted by Gasteiger charge is -2.31. The van der Waals surface area contributed by atoms with Crippen LogP contribution in [0.5, 0.6) is 0 Å². The van der Waals surface area contributed by atoms with Crippen molar-refractivity contribution in [1.29, 1.82) is 0 Å². The van der Waals surface area contributed by atoms with Gasteiger partial charge in [0.05, 0.1) is 0 Å². The molecule has 2 aromatic rings. The Balaban J connectivity index is 1.51. The second-order valence-electron chi connectivity index (χ2n) is 8.26. The molecule has 0 amide bonds. The van der Waals surface area contributed by atoms with Crippen LogP contribution in [0.15, 0.2) is 22.7 Å². The summed E-state index contributed by atoms with van der Waals surface area (Å²) in [6.45, 7) is 6.12. The van der Waals surface area contributed by atoms with Gasteiger partial charge in [0.2, 0.25) is 0 Å². The summed E-state index contributed by atoms with van der Waals surface area (Å²) in [6.07, 6.45) is 4.30. The first-order valence-electron chi connectivity index (χ1n) is 10.3. The standard InChI is InChI=1S/C22H31BrN6S/c1-13-10-16(23)11-14(2)21(13)28-22(30)27-18-8-6-17(7-9-18)26-19-12-20(29(4)5)25-15(3)24-19/h10-12,17-18H,6-9H2,1-5H3,(H,24,25,26)(H2,27,28,30)/t17-,18+. The fourth-order valence-electron chi connectivity index (χ4n) is 3.89. The van der Waals surface area contributed by atoms with E-state index in [1.54, 1.807) is 0 Å². The molecular weight excluding hydrogens is 460 g/mol. The molecule has 0 atom stereocenters. The van der Waals surface area contributed by atoms with Gasteiger partial charge in [-0.3, -0.25) is 0 Å². The molecule has 8 heteroatoms. The minimum Gasteiger partial charge on any atom is -0.367 e. The van der Waals surface area contributed by atoms with E-state index in [4.69, 9.17) is 12.2 Å². The summed E-state index contributed by atoms with van der Waals surface area (Å²) in [5.41, 5.74) is 3.44. The van der Waals surface area contributed by atoms with Gasteiger partial charge in [-0.2, -0.15) is 0 Å². The maximum absolute atomic E-state index is 5.59. The van der Waals surface area contributed by atoms with Crippen LogP contribution in [0.25, 0.3) is 0 Å². The number of aryl methyl sites for hydroxylation is 3. The van der Waals surface area contributed by atoms with E-state index in [9.17, 15) is 0 Å². The predicted molar refractivity (Wildman–Crippen MR) is 134 cm³/mol. The van der Waals surface area contributed by atoms with Crippen molar-refractivity contribution in [2.24, 2.45) is 0 Å². The average Bonchev–Trinajstić information content (AvgIpc) is 2.66. The highest BCUT2D eigenvalue weighted by Gasteiger charge is 2.22. The van der Waals surface area contributed by atoms with Crippen LogP contribution >= 0.6 is 28.1 Å². The monoisotopic (exact) mass is 490 g/mol. The van der Waals surface area contributed by atoms with Crippen molar-refractivity contribution in [1.82, 2.24) is 15.3 Å². The van der Waals surface area contributed by atoms with Gasteiger partial charge in [0.25, 0.3) is 0 Å². The van der Waals surface area contributed by atoms with Crippen molar-refractivity contribution in [2.75, 3.05) is 29.6 Å². The third kappa shape index (κ3) is 6.04. The molecule has 3 rings (SSSR count). The second-order valence-corrected chi connectivity index (χ2v) is 9.58. The largest absolute Gasteiger partial charge is 0.367 e. The van der Waals surface area contributed by atoms with E-state index in [2.05, 4.69) is 67.8 Å². The number of halogens is 1. The average molecular weight is 492 g/mol. The molecule has 1 fully saturated rings. The molecule has 0 aliphatic heterocycles. The highest BCUT2D eigenvalue weighted by atomic mass is 79.9. The molecule has 0 radical (unpaired) electrons. The summed E-state index contributed by atoms with van der Waals surface area (Å²) in [6, 6.07) is 7.03. The zero-order valence-corrected chi connectivity index (χ0v) is 20.7. The lowest BCUT2D eigenvalue weighted by molar-refractivity contribution is 0.388.